The summed E-state index contributed by atoms with van der Waals surface area (Å²) < 4.78 is 7.55. The van der Waals surface area contributed by atoms with Gasteiger partial charge in [0.1, 0.15) is 0 Å². The summed E-state index contributed by atoms with van der Waals surface area (Å²) in [6.07, 6.45) is 3.93. The normalized spacial score (nSPS) is 18.1. The third kappa shape index (κ3) is 3.95. The van der Waals surface area contributed by atoms with Crippen molar-refractivity contribution in [3.63, 3.8) is 0 Å². The van der Waals surface area contributed by atoms with E-state index in [9.17, 15) is 4.79 Å². The van der Waals surface area contributed by atoms with Crippen molar-refractivity contribution in [1.82, 2.24) is 9.55 Å². The number of hydrogen-bond donors (Lipinski definition) is 0. The molecule has 2 aromatic heterocycles. The zero-order valence-electron chi connectivity index (χ0n) is 19.5. The molecule has 0 radical (unpaired) electrons. The van der Waals surface area contributed by atoms with E-state index in [4.69, 9.17) is 10.00 Å². The molecule has 170 valence electrons. The fourth-order valence-corrected chi connectivity index (χ4v) is 4.81. The standard InChI is InChI=1S/C28H26N4O2/c1-18-15-32(24-10-8-23(9-11-24)31-16-19(2)34-20(3)17-31)28(33)25-12-13-30-27(26(18)25)22-6-4-21(14-29)5-7-22/h4-13,15,19-20H,16-17H2,1-3H3. The topological polar surface area (TPSA) is 71.2 Å². The van der Waals surface area contributed by atoms with Crippen LogP contribution in [0, 0.1) is 18.3 Å². The van der Waals surface area contributed by atoms with E-state index in [2.05, 4.69) is 41.9 Å². The van der Waals surface area contributed by atoms with Crippen molar-refractivity contribution >= 4 is 16.5 Å². The van der Waals surface area contributed by atoms with Crippen molar-refractivity contribution in [3.05, 3.63) is 88.5 Å². The quantitative estimate of drug-likeness (QED) is 0.446. The smallest absolute Gasteiger partial charge is 0.263 e. The van der Waals surface area contributed by atoms with Crippen LogP contribution in [0.15, 0.2) is 71.8 Å². The van der Waals surface area contributed by atoms with Gasteiger partial charge >= 0.3 is 0 Å². The maximum absolute atomic E-state index is 13.5. The van der Waals surface area contributed by atoms with E-state index in [0.29, 0.717) is 10.9 Å². The lowest BCUT2D eigenvalue weighted by Crippen LogP contribution is -2.45. The minimum atomic E-state index is -0.0840. The predicted octanol–water partition coefficient (Wildman–Crippen LogP) is 4.85. The molecule has 0 bridgehead atoms. The van der Waals surface area contributed by atoms with Gasteiger partial charge in [-0.1, -0.05) is 12.1 Å². The van der Waals surface area contributed by atoms with Crippen LogP contribution in [-0.4, -0.2) is 34.8 Å². The lowest BCUT2D eigenvalue weighted by Gasteiger charge is -2.36. The van der Waals surface area contributed by atoms with Gasteiger partial charge in [0, 0.05) is 47.8 Å². The average molecular weight is 451 g/mol. The Morgan fingerprint density at radius 1 is 0.971 bits per heavy atom. The first-order valence-corrected chi connectivity index (χ1v) is 11.5. The number of pyridine rings is 2. The van der Waals surface area contributed by atoms with Gasteiger partial charge in [0.15, 0.2) is 0 Å². The number of nitrogens with zero attached hydrogens (tertiary/aromatic N) is 4. The first kappa shape index (κ1) is 21.9. The second-order valence-electron chi connectivity index (χ2n) is 8.94. The summed E-state index contributed by atoms with van der Waals surface area (Å²) in [5, 5.41) is 10.5. The van der Waals surface area contributed by atoms with E-state index in [-0.39, 0.29) is 17.8 Å². The van der Waals surface area contributed by atoms with Crippen LogP contribution in [0.25, 0.3) is 27.7 Å². The van der Waals surface area contributed by atoms with Crippen LogP contribution >= 0.6 is 0 Å². The minimum absolute atomic E-state index is 0.0840. The van der Waals surface area contributed by atoms with Crippen molar-refractivity contribution in [2.75, 3.05) is 18.0 Å². The van der Waals surface area contributed by atoms with Crippen LogP contribution in [0.5, 0.6) is 0 Å². The van der Waals surface area contributed by atoms with Gasteiger partial charge in [0.2, 0.25) is 0 Å². The molecule has 0 amide bonds. The highest BCUT2D eigenvalue weighted by Crippen LogP contribution is 2.29. The second kappa shape index (κ2) is 8.77. The molecule has 5 rings (SSSR count). The molecule has 2 atom stereocenters. The van der Waals surface area contributed by atoms with Crippen molar-refractivity contribution < 1.29 is 4.74 Å². The molecule has 0 saturated carbocycles. The molecule has 1 saturated heterocycles. The van der Waals surface area contributed by atoms with E-state index >= 15 is 0 Å². The van der Waals surface area contributed by atoms with E-state index in [1.54, 1.807) is 29.0 Å². The minimum Gasteiger partial charge on any atom is -0.372 e. The molecule has 3 heterocycles. The molecule has 34 heavy (non-hydrogen) atoms. The van der Waals surface area contributed by atoms with Crippen LogP contribution in [-0.2, 0) is 4.74 Å². The predicted molar refractivity (Wildman–Crippen MR) is 134 cm³/mol. The summed E-state index contributed by atoms with van der Waals surface area (Å²) >= 11 is 0. The molecule has 6 nitrogen and oxygen atoms in total. The average Bonchev–Trinajstić information content (AvgIpc) is 2.85. The third-order valence-electron chi connectivity index (χ3n) is 6.32. The van der Waals surface area contributed by atoms with Gasteiger partial charge in [0.05, 0.1) is 34.9 Å². The van der Waals surface area contributed by atoms with Gasteiger partial charge in [-0.25, -0.2) is 0 Å². The number of anilines is 1. The molecule has 2 aromatic carbocycles. The number of hydrogen-bond acceptors (Lipinski definition) is 5. The lowest BCUT2D eigenvalue weighted by molar-refractivity contribution is -0.00521. The third-order valence-corrected chi connectivity index (χ3v) is 6.32. The summed E-state index contributed by atoms with van der Waals surface area (Å²) in [4.78, 5) is 20.4. The first-order valence-electron chi connectivity index (χ1n) is 11.5. The maximum Gasteiger partial charge on any atom is 0.263 e. The number of ether oxygens (including phenoxy) is 1. The Hall–Kier alpha value is -3.95. The van der Waals surface area contributed by atoms with Crippen LogP contribution in [0.3, 0.4) is 0 Å². The van der Waals surface area contributed by atoms with Gasteiger partial charge in [-0.15, -0.1) is 0 Å². The molecule has 0 spiro atoms. The number of aromatic nitrogens is 2. The van der Waals surface area contributed by atoms with Gasteiger partial charge in [-0.3, -0.25) is 14.3 Å². The fraction of sp³-hybridized carbons (Fsp3) is 0.250. The molecule has 1 aliphatic heterocycles. The van der Waals surface area contributed by atoms with Crippen molar-refractivity contribution in [1.29, 1.82) is 5.26 Å². The number of rotatable bonds is 3. The Morgan fingerprint density at radius 2 is 1.62 bits per heavy atom. The molecule has 0 aliphatic carbocycles. The second-order valence-corrected chi connectivity index (χ2v) is 8.94. The Bertz CT molecular complexity index is 1440. The van der Waals surface area contributed by atoms with Gasteiger partial charge in [-0.05, 0) is 68.8 Å². The Kier molecular flexibility index (Phi) is 5.64. The molecular formula is C28H26N4O2. The van der Waals surface area contributed by atoms with Gasteiger partial charge < -0.3 is 9.64 Å². The first-order chi connectivity index (χ1) is 16.4. The van der Waals surface area contributed by atoms with Crippen molar-refractivity contribution in [3.8, 4) is 23.0 Å². The van der Waals surface area contributed by atoms with E-state index in [0.717, 1.165) is 46.7 Å². The Balaban J connectivity index is 1.55. The SMILES string of the molecule is Cc1cn(-c2ccc(N3CC(C)OC(C)C3)cc2)c(=O)c2ccnc(-c3ccc(C#N)cc3)c12. The number of nitriles is 1. The summed E-state index contributed by atoms with van der Waals surface area (Å²) in [5.74, 6) is 0. The van der Waals surface area contributed by atoms with Gasteiger partial charge in [-0.2, -0.15) is 5.26 Å². The number of fused-ring (bicyclic) bond motifs is 1. The largest absolute Gasteiger partial charge is 0.372 e. The van der Waals surface area contributed by atoms with Crippen LogP contribution in [0.4, 0.5) is 5.69 Å². The zero-order chi connectivity index (χ0) is 23.8. The maximum atomic E-state index is 13.5. The molecular weight excluding hydrogens is 424 g/mol. The molecule has 0 N–H and O–H groups in total. The van der Waals surface area contributed by atoms with Crippen LogP contribution in [0.1, 0.15) is 25.0 Å². The molecule has 6 heteroatoms. The molecule has 1 aliphatic rings. The van der Waals surface area contributed by atoms with E-state index in [1.807, 2.05) is 37.4 Å². The Labute approximate surface area is 198 Å². The number of aryl methyl sites for hydroxylation is 1. The number of morpholine rings is 1. The molecule has 2 unspecified atom stereocenters. The lowest BCUT2D eigenvalue weighted by atomic mass is 10.0. The zero-order valence-corrected chi connectivity index (χ0v) is 19.5. The highest BCUT2D eigenvalue weighted by atomic mass is 16.5. The van der Waals surface area contributed by atoms with Crippen molar-refractivity contribution in [2.45, 2.75) is 33.0 Å². The van der Waals surface area contributed by atoms with Crippen LogP contribution < -0.4 is 10.5 Å². The van der Waals surface area contributed by atoms with E-state index < -0.39 is 0 Å². The molecule has 4 aromatic rings. The highest BCUT2D eigenvalue weighted by molar-refractivity contribution is 5.96. The molecule has 1 fully saturated rings. The summed E-state index contributed by atoms with van der Waals surface area (Å²) in [6, 6.07) is 19.3. The van der Waals surface area contributed by atoms with Crippen molar-refractivity contribution in [2.24, 2.45) is 0 Å². The summed E-state index contributed by atoms with van der Waals surface area (Å²) in [6.45, 7) is 7.89. The monoisotopic (exact) mass is 450 g/mol. The van der Waals surface area contributed by atoms with Crippen LogP contribution in [0.2, 0.25) is 0 Å². The summed E-state index contributed by atoms with van der Waals surface area (Å²) in [7, 11) is 0. The number of benzene rings is 2. The van der Waals surface area contributed by atoms with E-state index in [1.165, 1.54) is 0 Å². The highest BCUT2D eigenvalue weighted by Gasteiger charge is 2.22. The van der Waals surface area contributed by atoms with Gasteiger partial charge in [0.25, 0.3) is 5.56 Å². The Morgan fingerprint density at radius 3 is 2.26 bits per heavy atom. The summed E-state index contributed by atoms with van der Waals surface area (Å²) in [5.41, 5.74) is 5.04. The fourth-order valence-electron chi connectivity index (χ4n) is 4.81.